The van der Waals surface area contributed by atoms with E-state index in [1.807, 2.05) is 0 Å². The maximum atomic E-state index is 12.7. The molecule has 0 aliphatic rings. The predicted octanol–water partition coefficient (Wildman–Crippen LogP) is 13.5. The van der Waals surface area contributed by atoms with Gasteiger partial charge in [0, 0.05) is 13.0 Å². The summed E-state index contributed by atoms with van der Waals surface area (Å²) in [6, 6.07) is 0. The molecule has 0 aliphatic heterocycles. The molecule has 344 valence electrons. The van der Waals surface area contributed by atoms with Gasteiger partial charge in [-0.25, -0.2) is 4.57 Å². The Morgan fingerprint density at radius 3 is 1.47 bits per heavy atom. The van der Waals surface area contributed by atoms with Crippen LogP contribution in [0.4, 0.5) is 0 Å². The average Bonchev–Trinajstić information content (AvgIpc) is 3.23. The van der Waals surface area contributed by atoms with E-state index in [4.69, 9.17) is 23.6 Å². The molecule has 3 unspecified atom stereocenters. The molecular weight excluding hydrogens is 764 g/mol. The fourth-order valence-electron chi connectivity index (χ4n) is 6.34. The van der Waals surface area contributed by atoms with Crippen LogP contribution in [0.25, 0.3) is 0 Å². The Labute approximate surface area is 361 Å². The van der Waals surface area contributed by atoms with Gasteiger partial charge in [0.1, 0.15) is 12.2 Å². The number of carbonyl (C=O) groups excluding carboxylic acids is 1. The zero-order valence-electron chi connectivity index (χ0n) is 37.7. The minimum atomic E-state index is -4.53. The van der Waals surface area contributed by atoms with E-state index < -0.39 is 39.2 Å². The van der Waals surface area contributed by atoms with Gasteiger partial charge in [-0.2, -0.15) is 0 Å². The van der Waals surface area contributed by atoms with E-state index >= 15 is 0 Å². The van der Waals surface area contributed by atoms with Gasteiger partial charge >= 0.3 is 13.8 Å². The van der Waals surface area contributed by atoms with Gasteiger partial charge in [0.25, 0.3) is 0 Å². The fourth-order valence-corrected chi connectivity index (χ4v) is 7.13. The highest BCUT2D eigenvalue weighted by Gasteiger charge is 2.26. The maximum Gasteiger partial charge on any atom is 0.472 e. The number of phosphoric acid groups is 1. The van der Waals surface area contributed by atoms with Crippen molar-refractivity contribution in [1.82, 2.24) is 0 Å². The average molecular weight is 853 g/mol. The second kappa shape index (κ2) is 45.7. The molecule has 9 nitrogen and oxygen atoms in total. The molecular formula is C49H89O9P. The number of phosphoric ester groups is 1. The van der Waals surface area contributed by atoms with Crippen LogP contribution in [0.5, 0.6) is 0 Å². The molecule has 0 saturated heterocycles. The third-order valence-corrected chi connectivity index (χ3v) is 10.9. The Morgan fingerprint density at radius 2 is 0.966 bits per heavy atom. The molecule has 3 N–H and O–H groups in total. The third-order valence-electron chi connectivity index (χ3n) is 9.94. The summed E-state index contributed by atoms with van der Waals surface area (Å²) < 4.78 is 33.4. The van der Waals surface area contributed by atoms with Crippen molar-refractivity contribution < 1.29 is 43.0 Å². The number of unbranched alkanes of at least 4 members (excludes halogenated alkanes) is 21. The summed E-state index contributed by atoms with van der Waals surface area (Å²) in [6.45, 7) is 3.39. The molecule has 0 radical (unpaired) electrons. The number of rotatable bonds is 45. The predicted molar refractivity (Wildman–Crippen MR) is 246 cm³/mol. The van der Waals surface area contributed by atoms with Crippen LogP contribution in [0.15, 0.2) is 60.8 Å². The van der Waals surface area contributed by atoms with Gasteiger partial charge in [-0.3, -0.25) is 13.8 Å². The zero-order valence-corrected chi connectivity index (χ0v) is 38.6. The van der Waals surface area contributed by atoms with Gasteiger partial charge in [0.05, 0.1) is 26.4 Å². The molecule has 0 aliphatic carbocycles. The van der Waals surface area contributed by atoms with Crippen LogP contribution in [-0.4, -0.2) is 66.3 Å². The first-order chi connectivity index (χ1) is 28.8. The summed E-state index contributed by atoms with van der Waals surface area (Å²) >= 11 is 0. The number of aliphatic hydroxyl groups excluding tert-OH is 2. The van der Waals surface area contributed by atoms with Crippen LogP contribution < -0.4 is 0 Å². The van der Waals surface area contributed by atoms with Crippen molar-refractivity contribution in [3.63, 3.8) is 0 Å². The first-order valence-electron chi connectivity index (χ1n) is 23.8. The lowest BCUT2D eigenvalue weighted by molar-refractivity contribution is -0.154. The van der Waals surface area contributed by atoms with Crippen molar-refractivity contribution in [3.05, 3.63) is 60.8 Å². The Morgan fingerprint density at radius 1 is 0.542 bits per heavy atom. The standard InChI is InChI=1S/C49H89O9P/c1-3-5-7-9-11-13-15-17-19-21-22-23-24-25-27-29-31-33-35-37-39-41-49(52)58-48(46-57-59(53,54)56-44-47(51)43-50)45-55-42-40-38-36-34-32-30-28-26-20-18-16-14-12-10-8-6-4-2/h5,7,11,13,17,19-20,22-23,26,47-48,50-51H,3-4,6,8-10,12,14-16,18,21,24-25,27-46H2,1-2H3,(H,53,54)/b7-5-,13-11-,19-17-,23-22-,26-20-. The highest BCUT2D eigenvalue weighted by molar-refractivity contribution is 7.47. The normalized spacial score (nSPS) is 14.5. The van der Waals surface area contributed by atoms with Crippen molar-refractivity contribution in [1.29, 1.82) is 0 Å². The molecule has 0 amide bonds. The quantitative estimate of drug-likeness (QED) is 0.0237. The van der Waals surface area contributed by atoms with Crippen molar-refractivity contribution >= 4 is 13.8 Å². The van der Waals surface area contributed by atoms with Gasteiger partial charge in [0.15, 0.2) is 0 Å². The van der Waals surface area contributed by atoms with E-state index in [9.17, 15) is 19.4 Å². The molecule has 0 bridgehead atoms. The molecule has 10 heteroatoms. The number of hydrogen-bond acceptors (Lipinski definition) is 8. The van der Waals surface area contributed by atoms with E-state index in [1.165, 1.54) is 96.3 Å². The second-order valence-corrected chi connectivity index (χ2v) is 17.2. The Hall–Kier alpha value is -1.84. The first-order valence-corrected chi connectivity index (χ1v) is 25.3. The van der Waals surface area contributed by atoms with E-state index in [-0.39, 0.29) is 19.6 Å². The summed E-state index contributed by atoms with van der Waals surface area (Å²) in [5, 5.41) is 18.4. The summed E-state index contributed by atoms with van der Waals surface area (Å²) in [7, 11) is -4.53. The maximum absolute atomic E-state index is 12.7. The van der Waals surface area contributed by atoms with Crippen LogP contribution in [0.3, 0.4) is 0 Å². The molecule has 0 fully saturated rings. The topological polar surface area (TPSA) is 132 Å². The third kappa shape index (κ3) is 45.5. The largest absolute Gasteiger partial charge is 0.472 e. The molecule has 0 saturated carbocycles. The van der Waals surface area contributed by atoms with E-state index in [0.717, 1.165) is 83.5 Å². The van der Waals surface area contributed by atoms with E-state index in [0.29, 0.717) is 6.61 Å². The summed E-state index contributed by atoms with van der Waals surface area (Å²) in [5.74, 6) is -0.393. The minimum absolute atomic E-state index is 0.0402. The molecule has 0 heterocycles. The lowest BCUT2D eigenvalue weighted by Gasteiger charge is -2.20. The number of carbonyl (C=O) groups is 1. The lowest BCUT2D eigenvalue weighted by Crippen LogP contribution is -2.29. The van der Waals surface area contributed by atoms with Gasteiger partial charge in [-0.15, -0.1) is 0 Å². The minimum Gasteiger partial charge on any atom is -0.457 e. The fraction of sp³-hybridized carbons (Fsp3) is 0.776. The van der Waals surface area contributed by atoms with Crippen LogP contribution in [0.2, 0.25) is 0 Å². The molecule has 0 aromatic rings. The SMILES string of the molecule is CC/C=C\C/C=C\C/C=C\C/C=C\CCCCCCCCCCC(=O)OC(COCCCCCCCC/C=C\CCCCCCCCC)COP(=O)(O)OCC(O)CO. The Bertz CT molecular complexity index is 1100. The van der Waals surface area contributed by atoms with Crippen LogP contribution in [-0.2, 0) is 27.9 Å². The number of aliphatic hydroxyl groups is 2. The van der Waals surface area contributed by atoms with E-state index in [1.54, 1.807) is 0 Å². The summed E-state index contributed by atoms with van der Waals surface area (Å²) in [4.78, 5) is 22.6. The summed E-state index contributed by atoms with van der Waals surface area (Å²) in [6.07, 6.45) is 53.2. The van der Waals surface area contributed by atoms with Crippen molar-refractivity contribution in [3.8, 4) is 0 Å². The van der Waals surface area contributed by atoms with Crippen molar-refractivity contribution in [2.24, 2.45) is 0 Å². The second-order valence-electron chi connectivity index (χ2n) is 15.7. The summed E-state index contributed by atoms with van der Waals surface area (Å²) in [5.41, 5.74) is 0. The number of hydrogen-bond donors (Lipinski definition) is 3. The van der Waals surface area contributed by atoms with Gasteiger partial charge in [-0.1, -0.05) is 177 Å². The van der Waals surface area contributed by atoms with Crippen LogP contribution in [0, 0.1) is 0 Å². The smallest absolute Gasteiger partial charge is 0.457 e. The van der Waals surface area contributed by atoms with Crippen molar-refractivity contribution in [2.45, 2.75) is 212 Å². The molecule has 0 spiro atoms. The Balaban J connectivity index is 4.15. The number of esters is 1. The highest BCUT2D eigenvalue weighted by Crippen LogP contribution is 2.43. The van der Waals surface area contributed by atoms with Crippen LogP contribution in [0.1, 0.15) is 200 Å². The van der Waals surface area contributed by atoms with Gasteiger partial charge < -0.3 is 24.6 Å². The molecule has 0 aromatic carbocycles. The van der Waals surface area contributed by atoms with Crippen LogP contribution >= 0.6 is 7.82 Å². The first kappa shape index (κ1) is 57.2. The molecule has 0 rings (SSSR count). The number of ether oxygens (including phenoxy) is 2. The molecule has 59 heavy (non-hydrogen) atoms. The lowest BCUT2D eigenvalue weighted by atomic mass is 10.1. The van der Waals surface area contributed by atoms with Crippen molar-refractivity contribution in [2.75, 3.05) is 33.0 Å². The zero-order chi connectivity index (χ0) is 43.2. The monoisotopic (exact) mass is 853 g/mol. The highest BCUT2D eigenvalue weighted by atomic mass is 31.2. The Kier molecular flexibility index (Phi) is 44.3. The van der Waals surface area contributed by atoms with Gasteiger partial charge in [0.2, 0.25) is 0 Å². The van der Waals surface area contributed by atoms with E-state index in [2.05, 4.69) is 74.6 Å². The van der Waals surface area contributed by atoms with Gasteiger partial charge in [-0.05, 0) is 77.0 Å². The number of allylic oxidation sites excluding steroid dienone is 10. The molecule has 3 atom stereocenters. The molecule has 0 aromatic heterocycles.